The molecule has 1 heterocycles. The molecule has 1 fully saturated rings. The van der Waals surface area contributed by atoms with E-state index in [4.69, 9.17) is 0 Å². The van der Waals surface area contributed by atoms with Gasteiger partial charge in [0.1, 0.15) is 0 Å². The van der Waals surface area contributed by atoms with Crippen molar-refractivity contribution < 1.29 is 0 Å². The van der Waals surface area contributed by atoms with Gasteiger partial charge in [0.05, 0.1) is 0 Å². The van der Waals surface area contributed by atoms with E-state index in [9.17, 15) is 0 Å². The summed E-state index contributed by atoms with van der Waals surface area (Å²) in [5.41, 5.74) is 4.03. The van der Waals surface area contributed by atoms with Gasteiger partial charge in [-0.25, -0.2) is 0 Å². The summed E-state index contributed by atoms with van der Waals surface area (Å²) in [6.45, 7) is 6.81. The molecule has 1 aliphatic rings. The predicted octanol–water partition coefficient (Wildman–Crippen LogP) is 3.79. The van der Waals surface area contributed by atoms with Gasteiger partial charge in [-0.15, -0.1) is 0 Å². The maximum atomic E-state index is 3.53. The van der Waals surface area contributed by atoms with Crippen LogP contribution in [0.2, 0.25) is 0 Å². The standard InChI is InChI=1S/C19H24N2/c1-16-14-20-12-7-13-21(15-16)19-11-6-5-10-18(19)17-8-3-2-4-9-17/h2-6,8-11,16,20H,7,12-15H2,1H3. The second kappa shape index (κ2) is 6.77. The highest BCUT2D eigenvalue weighted by atomic mass is 15.1. The van der Waals surface area contributed by atoms with Crippen molar-refractivity contribution in [3.05, 3.63) is 54.6 Å². The summed E-state index contributed by atoms with van der Waals surface area (Å²) in [6, 6.07) is 19.5. The molecule has 2 aromatic rings. The van der Waals surface area contributed by atoms with Crippen LogP contribution in [0.5, 0.6) is 0 Å². The average Bonchev–Trinajstić information content (AvgIpc) is 2.52. The quantitative estimate of drug-likeness (QED) is 0.900. The summed E-state index contributed by atoms with van der Waals surface area (Å²) in [4.78, 5) is 2.56. The minimum atomic E-state index is 0.675. The Morgan fingerprint density at radius 2 is 1.76 bits per heavy atom. The Kier molecular flexibility index (Phi) is 4.56. The molecule has 1 saturated heterocycles. The van der Waals surface area contributed by atoms with E-state index in [1.54, 1.807) is 0 Å². The molecule has 2 nitrogen and oxygen atoms in total. The fourth-order valence-electron chi connectivity index (χ4n) is 3.11. The third kappa shape index (κ3) is 3.45. The van der Waals surface area contributed by atoms with Gasteiger partial charge in [-0.2, -0.15) is 0 Å². The van der Waals surface area contributed by atoms with Crippen molar-refractivity contribution in [1.82, 2.24) is 5.32 Å². The van der Waals surface area contributed by atoms with Gasteiger partial charge in [-0.1, -0.05) is 55.5 Å². The molecule has 1 N–H and O–H groups in total. The summed E-state index contributed by atoms with van der Waals surface area (Å²) in [6.07, 6.45) is 1.20. The molecular formula is C19H24N2. The molecule has 0 radical (unpaired) electrons. The first-order valence-electron chi connectivity index (χ1n) is 7.95. The SMILES string of the molecule is CC1CNCCCN(c2ccccc2-c2ccccc2)C1. The van der Waals surface area contributed by atoms with Crippen molar-refractivity contribution in [3.8, 4) is 11.1 Å². The van der Waals surface area contributed by atoms with E-state index in [-0.39, 0.29) is 0 Å². The number of rotatable bonds is 2. The second-order valence-corrected chi connectivity index (χ2v) is 5.99. The molecule has 1 atom stereocenters. The van der Waals surface area contributed by atoms with E-state index in [2.05, 4.69) is 71.7 Å². The number of hydrogen-bond donors (Lipinski definition) is 1. The van der Waals surface area contributed by atoms with Gasteiger partial charge < -0.3 is 10.2 Å². The number of benzene rings is 2. The molecule has 0 aromatic heterocycles. The van der Waals surface area contributed by atoms with E-state index in [0.717, 1.165) is 26.2 Å². The summed E-state index contributed by atoms with van der Waals surface area (Å²) in [7, 11) is 0. The molecular weight excluding hydrogens is 256 g/mol. The highest BCUT2D eigenvalue weighted by Crippen LogP contribution is 2.31. The lowest BCUT2D eigenvalue weighted by atomic mass is 10.0. The van der Waals surface area contributed by atoms with E-state index >= 15 is 0 Å². The van der Waals surface area contributed by atoms with E-state index in [1.807, 2.05) is 0 Å². The Labute approximate surface area is 127 Å². The van der Waals surface area contributed by atoms with Crippen molar-refractivity contribution in [2.45, 2.75) is 13.3 Å². The third-order valence-electron chi connectivity index (χ3n) is 4.14. The van der Waals surface area contributed by atoms with Crippen LogP contribution in [-0.4, -0.2) is 26.2 Å². The van der Waals surface area contributed by atoms with Gasteiger partial charge in [-0.05, 0) is 37.1 Å². The number of nitrogens with zero attached hydrogens (tertiary/aromatic N) is 1. The summed E-state index contributed by atoms with van der Waals surface area (Å²) in [5, 5.41) is 3.53. The highest BCUT2D eigenvalue weighted by Gasteiger charge is 2.16. The lowest BCUT2D eigenvalue weighted by molar-refractivity contribution is 0.468. The van der Waals surface area contributed by atoms with Crippen LogP contribution in [0.3, 0.4) is 0 Å². The van der Waals surface area contributed by atoms with Crippen LogP contribution >= 0.6 is 0 Å². The first kappa shape index (κ1) is 14.2. The Bertz CT molecular complexity index is 565. The van der Waals surface area contributed by atoms with E-state index < -0.39 is 0 Å². The molecule has 0 spiro atoms. The van der Waals surface area contributed by atoms with Crippen molar-refractivity contribution >= 4 is 5.69 Å². The number of nitrogens with one attached hydrogen (secondary N) is 1. The first-order chi connectivity index (χ1) is 10.3. The van der Waals surface area contributed by atoms with Gasteiger partial charge in [0.25, 0.3) is 0 Å². The molecule has 1 unspecified atom stereocenters. The lowest BCUT2D eigenvalue weighted by Gasteiger charge is -2.32. The van der Waals surface area contributed by atoms with E-state index in [0.29, 0.717) is 5.92 Å². The third-order valence-corrected chi connectivity index (χ3v) is 4.14. The zero-order valence-corrected chi connectivity index (χ0v) is 12.8. The maximum Gasteiger partial charge on any atom is 0.0445 e. The van der Waals surface area contributed by atoms with Crippen LogP contribution < -0.4 is 10.2 Å². The van der Waals surface area contributed by atoms with Crippen molar-refractivity contribution in [1.29, 1.82) is 0 Å². The van der Waals surface area contributed by atoms with Crippen molar-refractivity contribution in [2.24, 2.45) is 5.92 Å². The minimum absolute atomic E-state index is 0.675. The number of anilines is 1. The zero-order chi connectivity index (χ0) is 14.5. The van der Waals surface area contributed by atoms with Gasteiger partial charge >= 0.3 is 0 Å². The van der Waals surface area contributed by atoms with Crippen LogP contribution in [0.15, 0.2) is 54.6 Å². The summed E-state index contributed by atoms with van der Waals surface area (Å²) < 4.78 is 0. The van der Waals surface area contributed by atoms with Gasteiger partial charge in [0.15, 0.2) is 0 Å². The molecule has 2 aromatic carbocycles. The largest absolute Gasteiger partial charge is 0.371 e. The van der Waals surface area contributed by atoms with Crippen LogP contribution in [0.1, 0.15) is 13.3 Å². The molecule has 2 heteroatoms. The fourth-order valence-corrected chi connectivity index (χ4v) is 3.11. The predicted molar refractivity (Wildman–Crippen MR) is 90.7 cm³/mol. The Balaban J connectivity index is 1.94. The molecule has 110 valence electrons. The monoisotopic (exact) mass is 280 g/mol. The molecule has 3 rings (SSSR count). The van der Waals surface area contributed by atoms with Crippen LogP contribution in [-0.2, 0) is 0 Å². The summed E-state index contributed by atoms with van der Waals surface area (Å²) in [5.74, 6) is 0.675. The van der Waals surface area contributed by atoms with Crippen LogP contribution in [0.4, 0.5) is 5.69 Å². The smallest absolute Gasteiger partial charge is 0.0445 e. The first-order valence-corrected chi connectivity index (χ1v) is 7.95. The topological polar surface area (TPSA) is 15.3 Å². The average molecular weight is 280 g/mol. The number of hydrogen-bond acceptors (Lipinski definition) is 2. The van der Waals surface area contributed by atoms with Gasteiger partial charge in [0.2, 0.25) is 0 Å². The highest BCUT2D eigenvalue weighted by molar-refractivity contribution is 5.78. The second-order valence-electron chi connectivity index (χ2n) is 5.99. The molecule has 0 aliphatic carbocycles. The van der Waals surface area contributed by atoms with Gasteiger partial charge in [0, 0.05) is 24.3 Å². The zero-order valence-electron chi connectivity index (χ0n) is 12.8. The number of para-hydroxylation sites is 1. The fraction of sp³-hybridized carbons (Fsp3) is 0.368. The van der Waals surface area contributed by atoms with Crippen LogP contribution in [0, 0.1) is 5.92 Å². The molecule has 0 saturated carbocycles. The Hall–Kier alpha value is -1.80. The minimum Gasteiger partial charge on any atom is -0.371 e. The van der Waals surface area contributed by atoms with Crippen LogP contribution in [0.25, 0.3) is 11.1 Å². The Morgan fingerprint density at radius 1 is 1.00 bits per heavy atom. The molecule has 0 bridgehead atoms. The molecule has 21 heavy (non-hydrogen) atoms. The molecule has 1 aliphatic heterocycles. The van der Waals surface area contributed by atoms with Crippen molar-refractivity contribution in [3.63, 3.8) is 0 Å². The molecule has 0 amide bonds. The lowest BCUT2D eigenvalue weighted by Crippen LogP contribution is -2.39. The normalized spacial score (nSPS) is 19.9. The van der Waals surface area contributed by atoms with E-state index in [1.165, 1.54) is 23.2 Å². The Morgan fingerprint density at radius 3 is 2.62 bits per heavy atom. The maximum absolute atomic E-state index is 3.53. The summed E-state index contributed by atoms with van der Waals surface area (Å²) >= 11 is 0. The van der Waals surface area contributed by atoms with Crippen molar-refractivity contribution in [2.75, 3.05) is 31.1 Å². The van der Waals surface area contributed by atoms with Gasteiger partial charge in [-0.3, -0.25) is 0 Å².